The van der Waals surface area contributed by atoms with Crippen LogP contribution in [-0.2, 0) is 15.0 Å². The summed E-state index contributed by atoms with van der Waals surface area (Å²) in [4.78, 5) is 35.7. The Balaban J connectivity index is 1.98. The van der Waals surface area contributed by atoms with E-state index in [1.807, 2.05) is 24.3 Å². The van der Waals surface area contributed by atoms with E-state index in [0.29, 0.717) is 16.9 Å². The van der Waals surface area contributed by atoms with Gasteiger partial charge in [0.1, 0.15) is 0 Å². The van der Waals surface area contributed by atoms with Crippen LogP contribution < -0.4 is 10.6 Å². The third kappa shape index (κ3) is 5.91. The van der Waals surface area contributed by atoms with Gasteiger partial charge < -0.3 is 10.6 Å². The van der Waals surface area contributed by atoms with Crippen LogP contribution in [0.15, 0.2) is 60.2 Å². The van der Waals surface area contributed by atoms with Crippen molar-refractivity contribution in [2.45, 2.75) is 40.0 Å². The number of nitrogens with one attached hydrogen (secondary N) is 2. The molecule has 0 aliphatic carbocycles. The minimum Gasteiger partial charge on any atom is -0.323 e. The Bertz CT molecular complexity index is 902. The van der Waals surface area contributed by atoms with Crippen LogP contribution in [-0.4, -0.2) is 17.6 Å². The lowest BCUT2D eigenvalue weighted by molar-refractivity contribution is -0.114. The molecule has 2 amide bonds. The maximum Gasteiger partial charge on any atom is 0.251 e. The summed E-state index contributed by atoms with van der Waals surface area (Å²) >= 11 is 0. The Labute approximate surface area is 165 Å². The molecule has 0 atom stereocenters. The number of Topliss-reactive ketones (excluding diaryl/α,β-unsaturated/α-hetero) is 1. The van der Waals surface area contributed by atoms with Crippen molar-refractivity contribution < 1.29 is 14.4 Å². The number of rotatable bonds is 5. The van der Waals surface area contributed by atoms with E-state index in [1.165, 1.54) is 18.6 Å². The maximum atomic E-state index is 12.3. The van der Waals surface area contributed by atoms with Crippen molar-refractivity contribution in [1.82, 2.24) is 0 Å². The smallest absolute Gasteiger partial charge is 0.251 e. The van der Waals surface area contributed by atoms with Crippen molar-refractivity contribution in [2.75, 3.05) is 10.6 Å². The van der Waals surface area contributed by atoms with Crippen LogP contribution in [0.1, 0.15) is 50.5 Å². The van der Waals surface area contributed by atoms with Gasteiger partial charge in [0.05, 0.1) is 0 Å². The third-order valence-corrected chi connectivity index (χ3v) is 4.27. The molecule has 0 radical (unpaired) electrons. The fourth-order valence-electron chi connectivity index (χ4n) is 2.51. The zero-order valence-electron chi connectivity index (χ0n) is 16.9. The molecule has 0 aromatic heterocycles. The van der Waals surface area contributed by atoms with E-state index in [-0.39, 0.29) is 22.7 Å². The molecule has 146 valence electrons. The van der Waals surface area contributed by atoms with Crippen molar-refractivity contribution in [3.05, 3.63) is 71.3 Å². The quantitative estimate of drug-likeness (QED) is 0.584. The van der Waals surface area contributed by atoms with Gasteiger partial charge in [0.15, 0.2) is 5.78 Å². The van der Waals surface area contributed by atoms with Crippen molar-refractivity contribution in [3.63, 3.8) is 0 Å². The summed E-state index contributed by atoms with van der Waals surface area (Å²) in [5.41, 5.74) is 3.30. The van der Waals surface area contributed by atoms with Crippen molar-refractivity contribution in [1.29, 1.82) is 0 Å². The third-order valence-electron chi connectivity index (χ3n) is 4.27. The average Bonchev–Trinajstić information content (AvgIpc) is 2.61. The van der Waals surface area contributed by atoms with Gasteiger partial charge in [-0.3, -0.25) is 14.4 Å². The molecule has 5 heteroatoms. The Morgan fingerprint density at radius 1 is 0.786 bits per heavy atom. The average molecular weight is 378 g/mol. The van der Waals surface area contributed by atoms with Gasteiger partial charge >= 0.3 is 0 Å². The molecule has 0 fully saturated rings. The van der Waals surface area contributed by atoms with Crippen LogP contribution in [0.5, 0.6) is 0 Å². The molecule has 2 rings (SSSR count). The van der Waals surface area contributed by atoms with E-state index in [9.17, 15) is 14.4 Å². The molecule has 0 saturated heterocycles. The van der Waals surface area contributed by atoms with Gasteiger partial charge in [-0.1, -0.05) is 32.9 Å². The topological polar surface area (TPSA) is 75.3 Å². The number of benzene rings is 2. The van der Waals surface area contributed by atoms with Gasteiger partial charge in [-0.05, 0) is 61.2 Å². The number of ketones is 1. The van der Waals surface area contributed by atoms with Crippen LogP contribution in [0.4, 0.5) is 11.4 Å². The summed E-state index contributed by atoms with van der Waals surface area (Å²) in [7, 11) is 0. The summed E-state index contributed by atoms with van der Waals surface area (Å²) < 4.78 is 0. The Morgan fingerprint density at radius 3 is 1.79 bits per heavy atom. The van der Waals surface area contributed by atoms with Crippen LogP contribution >= 0.6 is 0 Å². The van der Waals surface area contributed by atoms with Crippen LogP contribution in [0.2, 0.25) is 0 Å². The number of hydrogen-bond donors (Lipinski definition) is 2. The highest BCUT2D eigenvalue weighted by Crippen LogP contribution is 2.23. The maximum absolute atomic E-state index is 12.3. The summed E-state index contributed by atoms with van der Waals surface area (Å²) in [6, 6.07) is 14.2. The number of carbonyl (C=O) groups excluding carboxylic acids is 3. The fraction of sp³-hybridized carbons (Fsp3) is 0.261. The standard InChI is InChI=1S/C23H26N2O3/c1-15(14-21(27)24-19-10-6-17(7-11-19)16(2)26)22(28)25-20-12-8-18(9-13-20)23(3,4)5/h6-14H,1-5H3,(H,24,27)(H,25,28)/b15-14-. The van der Waals surface area contributed by atoms with Crippen molar-refractivity contribution in [2.24, 2.45) is 0 Å². The molecule has 0 bridgehead atoms. The first-order chi connectivity index (χ1) is 13.1. The van der Waals surface area contributed by atoms with E-state index < -0.39 is 5.91 Å². The zero-order valence-corrected chi connectivity index (χ0v) is 16.9. The molecule has 5 nitrogen and oxygen atoms in total. The largest absolute Gasteiger partial charge is 0.323 e. The molecule has 28 heavy (non-hydrogen) atoms. The summed E-state index contributed by atoms with van der Waals surface area (Å²) in [6.45, 7) is 9.44. The lowest BCUT2D eigenvalue weighted by atomic mass is 9.87. The lowest BCUT2D eigenvalue weighted by Gasteiger charge is -2.19. The molecular formula is C23H26N2O3. The molecule has 2 aromatic carbocycles. The molecular weight excluding hydrogens is 352 g/mol. The number of hydrogen-bond acceptors (Lipinski definition) is 3. The first-order valence-electron chi connectivity index (χ1n) is 9.08. The SMILES string of the molecule is CC(=O)c1ccc(NC(=O)/C=C(/C)C(=O)Nc2ccc(C(C)(C)C)cc2)cc1. The van der Waals surface area contributed by atoms with E-state index in [4.69, 9.17) is 0 Å². The van der Waals surface area contributed by atoms with Crippen molar-refractivity contribution in [3.8, 4) is 0 Å². The van der Waals surface area contributed by atoms with Gasteiger partial charge in [-0.2, -0.15) is 0 Å². The van der Waals surface area contributed by atoms with E-state index in [1.54, 1.807) is 31.2 Å². The normalized spacial score (nSPS) is 11.7. The number of carbonyl (C=O) groups is 3. The monoisotopic (exact) mass is 378 g/mol. The molecule has 0 aliphatic heterocycles. The Hall–Kier alpha value is -3.21. The van der Waals surface area contributed by atoms with Crippen LogP contribution in [0.3, 0.4) is 0 Å². The fourth-order valence-corrected chi connectivity index (χ4v) is 2.51. The highest BCUT2D eigenvalue weighted by molar-refractivity contribution is 6.10. The minimum atomic E-state index is -0.411. The predicted octanol–water partition coefficient (Wildman–Crippen LogP) is 4.71. The van der Waals surface area contributed by atoms with E-state index >= 15 is 0 Å². The van der Waals surface area contributed by atoms with Crippen molar-refractivity contribution >= 4 is 29.0 Å². The van der Waals surface area contributed by atoms with Gasteiger partial charge in [0, 0.05) is 28.6 Å². The van der Waals surface area contributed by atoms with Crippen LogP contribution in [0, 0.1) is 0 Å². The Morgan fingerprint density at radius 2 is 1.29 bits per heavy atom. The number of amides is 2. The van der Waals surface area contributed by atoms with E-state index in [0.717, 1.165) is 0 Å². The highest BCUT2D eigenvalue weighted by atomic mass is 16.2. The molecule has 0 heterocycles. The lowest BCUT2D eigenvalue weighted by Crippen LogP contribution is -2.16. The van der Waals surface area contributed by atoms with Gasteiger partial charge in [-0.15, -0.1) is 0 Å². The first kappa shape index (κ1) is 21.1. The summed E-state index contributed by atoms with van der Waals surface area (Å²) in [5, 5.41) is 5.46. The molecule has 0 spiro atoms. The summed E-state index contributed by atoms with van der Waals surface area (Å²) in [5.74, 6) is -0.794. The zero-order chi connectivity index (χ0) is 20.9. The van der Waals surface area contributed by atoms with Gasteiger partial charge in [0.2, 0.25) is 5.91 Å². The Kier molecular flexibility index (Phi) is 6.52. The van der Waals surface area contributed by atoms with Gasteiger partial charge in [0.25, 0.3) is 5.91 Å². The minimum absolute atomic E-state index is 0.0407. The molecule has 2 aromatic rings. The van der Waals surface area contributed by atoms with Gasteiger partial charge in [-0.25, -0.2) is 0 Å². The number of anilines is 2. The van der Waals surface area contributed by atoms with Crippen LogP contribution in [0.25, 0.3) is 0 Å². The predicted molar refractivity (Wildman–Crippen MR) is 113 cm³/mol. The second-order valence-electron chi connectivity index (χ2n) is 7.73. The molecule has 0 saturated carbocycles. The molecule has 0 unspecified atom stereocenters. The summed E-state index contributed by atoms with van der Waals surface area (Å²) in [6.07, 6.45) is 1.25. The second kappa shape index (κ2) is 8.65. The first-order valence-corrected chi connectivity index (χ1v) is 9.08. The molecule has 0 aliphatic rings. The highest BCUT2D eigenvalue weighted by Gasteiger charge is 2.13. The molecule has 2 N–H and O–H groups in total. The van der Waals surface area contributed by atoms with E-state index in [2.05, 4.69) is 31.4 Å². The second-order valence-corrected chi connectivity index (χ2v) is 7.73.